The molecule has 206 valence electrons. The monoisotopic (exact) mass is 572 g/mol. The lowest BCUT2D eigenvalue weighted by Crippen LogP contribution is -2.32. The number of amides is 2. The second-order valence-corrected chi connectivity index (χ2v) is 9.88. The molecule has 0 atom stereocenters. The number of carbonyl (C=O) groups is 2. The molecule has 0 radical (unpaired) electrons. The summed E-state index contributed by atoms with van der Waals surface area (Å²) in [6.45, 7) is 3.28. The van der Waals surface area contributed by atoms with Gasteiger partial charge in [0, 0.05) is 12.1 Å². The number of rotatable bonds is 0. The van der Waals surface area contributed by atoms with Crippen LogP contribution in [0, 0.1) is 6.92 Å². The molecule has 2 aromatic carbocycles. The maximum atomic E-state index is 13.0. The number of aliphatic imine (C=N–C) groups is 1. The fourth-order valence-corrected chi connectivity index (χ4v) is 4.68. The van der Waals surface area contributed by atoms with Crippen molar-refractivity contribution in [3.63, 3.8) is 0 Å². The van der Waals surface area contributed by atoms with E-state index in [9.17, 15) is 9.59 Å². The standard InChI is InChI=1S/C27H30Cl2N6O4/c1-16-23-24(35-39-16)18-6-8-19(9-7-18)38-11-5-3-2-4-10-31-15-22(36)33-25-20(28)12-17(13-21(25)29)14-32-27(30)34-26(23)37/h6-9,12-13,31H,2-5,10-11,14-15H2,1H3,(H,33,36)(H3,30,32,34,37). The highest BCUT2D eigenvalue weighted by Gasteiger charge is 2.22. The zero-order chi connectivity index (χ0) is 27.8. The molecule has 5 heterocycles. The van der Waals surface area contributed by atoms with Crippen molar-refractivity contribution in [3.05, 3.63) is 63.3 Å². The van der Waals surface area contributed by atoms with Crippen LogP contribution in [0.1, 0.15) is 47.4 Å². The highest BCUT2D eigenvalue weighted by atomic mass is 35.5. The summed E-state index contributed by atoms with van der Waals surface area (Å²) in [6, 6.07) is 10.6. The number of aromatic nitrogens is 1. The van der Waals surface area contributed by atoms with E-state index in [1.165, 1.54) is 0 Å². The number of carbonyl (C=O) groups excluding carboxylic acids is 2. The molecular formula is C27H30Cl2N6O4. The molecule has 4 bridgehead atoms. The van der Waals surface area contributed by atoms with Crippen molar-refractivity contribution < 1.29 is 18.8 Å². The lowest BCUT2D eigenvalue weighted by Gasteiger charge is -2.13. The molecule has 5 N–H and O–H groups in total. The van der Waals surface area contributed by atoms with E-state index in [4.69, 9.17) is 38.2 Å². The lowest BCUT2D eigenvalue weighted by molar-refractivity contribution is -0.115. The average molecular weight is 573 g/mol. The molecule has 7 rings (SSSR count). The zero-order valence-corrected chi connectivity index (χ0v) is 23.0. The number of nitrogens with zero attached hydrogens (tertiary/aromatic N) is 2. The topological polar surface area (TPSA) is 144 Å². The molecule has 2 amide bonds. The Bertz CT molecular complexity index is 1330. The van der Waals surface area contributed by atoms with Crippen molar-refractivity contribution in [2.24, 2.45) is 10.7 Å². The Kier molecular flexibility index (Phi) is 9.80. The second-order valence-electron chi connectivity index (χ2n) is 9.06. The van der Waals surface area contributed by atoms with Gasteiger partial charge in [-0.05, 0) is 68.3 Å². The van der Waals surface area contributed by atoms with Crippen molar-refractivity contribution in [3.8, 4) is 17.0 Å². The number of benzene rings is 2. The average Bonchev–Trinajstić information content (AvgIpc) is 3.30. The van der Waals surface area contributed by atoms with E-state index in [1.54, 1.807) is 19.1 Å². The van der Waals surface area contributed by atoms with E-state index in [0.717, 1.165) is 38.0 Å². The molecule has 0 saturated carbocycles. The predicted molar refractivity (Wildman–Crippen MR) is 151 cm³/mol. The molecule has 0 spiro atoms. The van der Waals surface area contributed by atoms with Crippen molar-refractivity contribution in [2.45, 2.75) is 39.2 Å². The maximum absolute atomic E-state index is 13.0. The van der Waals surface area contributed by atoms with Gasteiger partial charge in [0.15, 0.2) is 5.96 Å². The van der Waals surface area contributed by atoms with Crippen LogP contribution in [0.4, 0.5) is 5.69 Å². The molecule has 1 aromatic heterocycles. The van der Waals surface area contributed by atoms with E-state index in [1.807, 2.05) is 24.3 Å². The fourth-order valence-electron chi connectivity index (χ4n) is 4.06. The molecule has 4 aliphatic rings. The van der Waals surface area contributed by atoms with Crippen LogP contribution in [-0.4, -0.2) is 42.6 Å². The summed E-state index contributed by atoms with van der Waals surface area (Å²) < 4.78 is 11.1. The number of halogens is 2. The first-order valence-electron chi connectivity index (χ1n) is 12.6. The summed E-state index contributed by atoms with van der Waals surface area (Å²) in [5, 5.41) is 13.4. The molecular weight excluding hydrogens is 543 g/mol. The van der Waals surface area contributed by atoms with Crippen LogP contribution < -0.4 is 26.4 Å². The number of nitrogens with one attached hydrogen (secondary N) is 3. The highest BCUT2D eigenvalue weighted by Crippen LogP contribution is 2.32. The largest absolute Gasteiger partial charge is 0.494 e. The van der Waals surface area contributed by atoms with Crippen LogP contribution in [0.3, 0.4) is 0 Å². The van der Waals surface area contributed by atoms with Gasteiger partial charge in [0.1, 0.15) is 22.8 Å². The first-order valence-corrected chi connectivity index (χ1v) is 13.4. The van der Waals surface area contributed by atoms with Gasteiger partial charge in [-0.1, -0.05) is 41.2 Å². The Morgan fingerprint density at radius 3 is 2.44 bits per heavy atom. The van der Waals surface area contributed by atoms with E-state index < -0.39 is 5.91 Å². The normalized spacial score (nSPS) is 17.5. The molecule has 4 aliphatic heterocycles. The number of ether oxygens (including phenoxy) is 1. The van der Waals surface area contributed by atoms with Crippen molar-refractivity contribution in [1.82, 2.24) is 15.8 Å². The Morgan fingerprint density at radius 2 is 1.69 bits per heavy atom. The number of hydrogen-bond acceptors (Lipinski definition) is 8. The van der Waals surface area contributed by atoms with Crippen LogP contribution in [0.5, 0.6) is 5.75 Å². The Hall–Kier alpha value is -3.60. The summed E-state index contributed by atoms with van der Waals surface area (Å²) in [7, 11) is 0. The predicted octanol–water partition coefficient (Wildman–Crippen LogP) is 4.68. The minimum absolute atomic E-state index is 0.104. The molecule has 0 fully saturated rings. The number of nitrogens with two attached hydrogens (primary N) is 1. The van der Waals surface area contributed by atoms with Gasteiger partial charge in [-0.15, -0.1) is 0 Å². The first-order chi connectivity index (χ1) is 18.8. The summed E-state index contributed by atoms with van der Waals surface area (Å²) in [5.41, 5.74) is 8.27. The molecule has 10 nitrogen and oxygen atoms in total. The first kappa shape index (κ1) is 28.4. The minimum Gasteiger partial charge on any atom is -0.494 e. The van der Waals surface area contributed by atoms with Crippen LogP contribution in [0.25, 0.3) is 11.3 Å². The van der Waals surface area contributed by atoms with Gasteiger partial charge < -0.3 is 30.9 Å². The van der Waals surface area contributed by atoms with Gasteiger partial charge >= 0.3 is 0 Å². The van der Waals surface area contributed by atoms with E-state index in [-0.39, 0.29) is 40.6 Å². The van der Waals surface area contributed by atoms with Gasteiger partial charge in [-0.3, -0.25) is 9.59 Å². The number of anilines is 1. The smallest absolute Gasteiger partial charge is 0.286 e. The molecule has 39 heavy (non-hydrogen) atoms. The Morgan fingerprint density at radius 1 is 0.974 bits per heavy atom. The molecule has 3 aromatic rings. The fraction of sp³-hybridized carbons (Fsp3) is 0.333. The third kappa shape index (κ3) is 7.72. The van der Waals surface area contributed by atoms with E-state index in [2.05, 4.69) is 26.1 Å². The van der Waals surface area contributed by atoms with Gasteiger partial charge in [0.05, 0.1) is 28.9 Å². The molecule has 0 aliphatic carbocycles. The van der Waals surface area contributed by atoms with Gasteiger partial charge in [0.2, 0.25) is 5.91 Å². The van der Waals surface area contributed by atoms with Crippen LogP contribution in [0.2, 0.25) is 10.0 Å². The third-order valence-corrected chi connectivity index (χ3v) is 6.66. The molecule has 0 unspecified atom stereocenters. The number of aryl methyl sites for hydroxylation is 1. The second kappa shape index (κ2) is 13.5. The Labute approximate surface area is 236 Å². The molecule has 0 saturated heterocycles. The van der Waals surface area contributed by atoms with E-state index >= 15 is 0 Å². The van der Waals surface area contributed by atoms with Gasteiger partial charge in [0.25, 0.3) is 5.91 Å². The molecule has 12 heteroatoms. The number of guanidine groups is 1. The SMILES string of the molecule is Cc1onc2c1C(=O)/N=C(\N)NCc1cc(Cl)c(c(Cl)c1)NC(=O)CNCCCCCCOc1ccc-2cc1. The summed E-state index contributed by atoms with van der Waals surface area (Å²) in [4.78, 5) is 29.3. The quantitative estimate of drug-likeness (QED) is 0.304. The third-order valence-electron chi connectivity index (χ3n) is 6.07. The van der Waals surface area contributed by atoms with Crippen LogP contribution in [0.15, 0.2) is 45.9 Å². The summed E-state index contributed by atoms with van der Waals surface area (Å²) in [6.07, 6.45) is 3.87. The van der Waals surface area contributed by atoms with Crippen molar-refractivity contribution >= 4 is 46.7 Å². The minimum atomic E-state index is -0.599. The zero-order valence-electron chi connectivity index (χ0n) is 21.5. The summed E-state index contributed by atoms with van der Waals surface area (Å²) in [5.74, 6) is 0.0985. The van der Waals surface area contributed by atoms with Gasteiger partial charge in [-0.2, -0.15) is 4.99 Å². The van der Waals surface area contributed by atoms with Gasteiger partial charge in [-0.25, -0.2) is 0 Å². The highest BCUT2D eigenvalue weighted by molar-refractivity contribution is 6.39. The summed E-state index contributed by atoms with van der Waals surface area (Å²) >= 11 is 12.8. The van der Waals surface area contributed by atoms with E-state index in [0.29, 0.717) is 34.9 Å². The van der Waals surface area contributed by atoms with Crippen LogP contribution in [-0.2, 0) is 11.3 Å². The van der Waals surface area contributed by atoms with Crippen LogP contribution >= 0.6 is 23.2 Å². The Balaban J connectivity index is 1.55. The van der Waals surface area contributed by atoms with Crippen molar-refractivity contribution in [1.29, 1.82) is 0 Å². The maximum Gasteiger partial charge on any atom is 0.286 e. The lowest BCUT2D eigenvalue weighted by atomic mass is 10.1. The number of hydrogen-bond donors (Lipinski definition) is 4. The van der Waals surface area contributed by atoms with Crippen molar-refractivity contribution in [2.75, 3.05) is 25.0 Å².